The van der Waals surface area contributed by atoms with Gasteiger partial charge >= 0.3 is 5.97 Å². The molecule has 6 nitrogen and oxygen atoms in total. The van der Waals surface area contributed by atoms with E-state index in [0.717, 1.165) is 37.7 Å². The SMILES string of the molecule is CCCCCOc1ccc(/C=C/C(=O)Nc2cccc(C(=O)OCCCC)c2)cc1OC. The van der Waals surface area contributed by atoms with E-state index in [1.165, 1.54) is 6.08 Å². The van der Waals surface area contributed by atoms with E-state index in [1.807, 2.05) is 25.1 Å². The molecule has 0 aliphatic carbocycles. The van der Waals surface area contributed by atoms with Crippen LogP contribution >= 0.6 is 0 Å². The Morgan fingerprint density at radius 1 is 0.938 bits per heavy atom. The number of ether oxygens (including phenoxy) is 3. The third-order valence-corrected chi connectivity index (χ3v) is 4.72. The largest absolute Gasteiger partial charge is 0.493 e. The number of anilines is 1. The van der Waals surface area contributed by atoms with Crippen LogP contribution in [0.5, 0.6) is 11.5 Å². The van der Waals surface area contributed by atoms with E-state index in [4.69, 9.17) is 14.2 Å². The summed E-state index contributed by atoms with van der Waals surface area (Å²) in [6, 6.07) is 12.2. The maximum Gasteiger partial charge on any atom is 0.338 e. The zero-order valence-corrected chi connectivity index (χ0v) is 19.2. The second-order valence-corrected chi connectivity index (χ2v) is 7.36. The Morgan fingerprint density at radius 2 is 1.75 bits per heavy atom. The van der Waals surface area contributed by atoms with Crippen LogP contribution in [0.4, 0.5) is 5.69 Å². The van der Waals surface area contributed by atoms with Crippen LogP contribution in [0, 0.1) is 0 Å². The Balaban J connectivity index is 1.95. The van der Waals surface area contributed by atoms with Gasteiger partial charge in [-0.05, 0) is 54.8 Å². The number of esters is 1. The monoisotopic (exact) mass is 439 g/mol. The molecular weight excluding hydrogens is 406 g/mol. The number of unbranched alkanes of at least 4 members (excludes halogenated alkanes) is 3. The van der Waals surface area contributed by atoms with Crippen molar-refractivity contribution in [3.63, 3.8) is 0 Å². The molecule has 2 aromatic carbocycles. The fraction of sp³-hybridized carbons (Fsp3) is 0.385. The first-order chi connectivity index (χ1) is 15.6. The Morgan fingerprint density at radius 3 is 2.50 bits per heavy atom. The predicted molar refractivity (Wildman–Crippen MR) is 127 cm³/mol. The average Bonchev–Trinajstić information content (AvgIpc) is 2.81. The van der Waals surface area contributed by atoms with E-state index in [2.05, 4.69) is 12.2 Å². The molecule has 1 amide bonds. The molecule has 0 heterocycles. The van der Waals surface area contributed by atoms with Crippen LogP contribution in [0.15, 0.2) is 48.5 Å². The summed E-state index contributed by atoms with van der Waals surface area (Å²) in [7, 11) is 1.59. The second kappa shape index (κ2) is 13.9. The highest BCUT2D eigenvalue weighted by Crippen LogP contribution is 2.28. The van der Waals surface area contributed by atoms with Gasteiger partial charge in [-0.2, -0.15) is 0 Å². The lowest BCUT2D eigenvalue weighted by Gasteiger charge is -2.11. The topological polar surface area (TPSA) is 73.9 Å². The number of hydrogen-bond acceptors (Lipinski definition) is 5. The first kappa shape index (κ1) is 25.0. The zero-order valence-electron chi connectivity index (χ0n) is 19.2. The van der Waals surface area contributed by atoms with Crippen LogP contribution in [-0.4, -0.2) is 32.2 Å². The fourth-order valence-corrected chi connectivity index (χ4v) is 2.91. The highest BCUT2D eigenvalue weighted by Gasteiger charge is 2.09. The zero-order chi connectivity index (χ0) is 23.2. The average molecular weight is 440 g/mol. The van der Waals surface area contributed by atoms with Gasteiger partial charge in [-0.1, -0.05) is 45.2 Å². The fourth-order valence-electron chi connectivity index (χ4n) is 2.91. The molecule has 0 aromatic heterocycles. The van der Waals surface area contributed by atoms with Crippen molar-refractivity contribution >= 4 is 23.6 Å². The van der Waals surface area contributed by atoms with Crippen LogP contribution < -0.4 is 14.8 Å². The summed E-state index contributed by atoms with van der Waals surface area (Å²) >= 11 is 0. The Labute approximate surface area is 190 Å². The Bertz CT molecular complexity index is 907. The van der Waals surface area contributed by atoms with Gasteiger partial charge in [0.1, 0.15) is 0 Å². The van der Waals surface area contributed by atoms with Crippen molar-refractivity contribution in [3.8, 4) is 11.5 Å². The Hall–Kier alpha value is -3.28. The molecule has 0 aliphatic heterocycles. The van der Waals surface area contributed by atoms with Gasteiger partial charge in [0.25, 0.3) is 0 Å². The molecule has 0 aliphatic rings. The summed E-state index contributed by atoms with van der Waals surface area (Å²) in [4.78, 5) is 24.4. The van der Waals surface area contributed by atoms with E-state index in [-0.39, 0.29) is 5.91 Å². The van der Waals surface area contributed by atoms with Gasteiger partial charge in [0.15, 0.2) is 11.5 Å². The van der Waals surface area contributed by atoms with Crippen molar-refractivity contribution in [1.29, 1.82) is 0 Å². The third-order valence-electron chi connectivity index (χ3n) is 4.72. The number of amides is 1. The van der Waals surface area contributed by atoms with Crippen molar-refractivity contribution in [1.82, 2.24) is 0 Å². The number of rotatable bonds is 13. The first-order valence-corrected chi connectivity index (χ1v) is 11.1. The summed E-state index contributed by atoms with van der Waals surface area (Å²) in [6.45, 7) is 5.22. The normalized spacial score (nSPS) is 10.7. The number of methoxy groups -OCH3 is 1. The second-order valence-electron chi connectivity index (χ2n) is 7.36. The molecule has 0 saturated carbocycles. The van der Waals surface area contributed by atoms with E-state index >= 15 is 0 Å². The molecule has 32 heavy (non-hydrogen) atoms. The van der Waals surface area contributed by atoms with Gasteiger partial charge in [0.05, 0.1) is 25.9 Å². The summed E-state index contributed by atoms with van der Waals surface area (Å²) in [5.41, 5.74) is 1.74. The molecule has 0 radical (unpaired) electrons. The van der Waals surface area contributed by atoms with E-state index < -0.39 is 5.97 Å². The van der Waals surface area contributed by atoms with Crippen LogP contribution in [0.1, 0.15) is 61.9 Å². The summed E-state index contributed by atoms with van der Waals surface area (Å²) in [5.74, 6) is 0.612. The lowest BCUT2D eigenvalue weighted by Crippen LogP contribution is -2.10. The van der Waals surface area contributed by atoms with Gasteiger partial charge in [-0.25, -0.2) is 4.79 Å². The summed E-state index contributed by atoms with van der Waals surface area (Å²) < 4.78 is 16.4. The third kappa shape index (κ3) is 8.46. The minimum atomic E-state index is -0.394. The lowest BCUT2D eigenvalue weighted by atomic mass is 10.1. The smallest absolute Gasteiger partial charge is 0.338 e. The maximum atomic E-state index is 12.3. The molecule has 0 spiro atoms. The maximum absolute atomic E-state index is 12.3. The molecule has 0 fully saturated rings. The molecule has 2 aromatic rings. The van der Waals surface area contributed by atoms with Crippen molar-refractivity contribution in [2.75, 3.05) is 25.6 Å². The van der Waals surface area contributed by atoms with E-state index in [9.17, 15) is 9.59 Å². The molecule has 172 valence electrons. The van der Waals surface area contributed by atoms with Gasteiger partial charge in [-0.15, -0.1) is 0 Å². The molecule has 0 unspecified atom stereocenters. The van der Waals surface area contributed by atoms with Gasteiger partial charge in [0, 0.05) is 11.8 Å². The van der Waals surface area contributed by atoms with Gasteiger partial charge in [-0.3, -0.25) is 4.79 Å². The van der Waals surface area contributed by atoms with Gasteiger partial charge < -0.3 is 19.5 Å². The summed E-state index contributed by atoms with van der Waals surface area (Å²) in [5, 5.41) is 2.77. The predicted octanol–water partition coefficient (Wildman–Crippen LogP) is 5.87. The highest BCUT2D eigenvalue weighted by molar-refractivity contribution is 6.02. The molecule has 0 bridgehead atoms. The molecule has 2 rings (SSSR count). The number of carbonyl (C=O) groups excluding carboxylic acids is 2. The van der Waals surface area contributed by atoms with Crippen molar-refractivity contribution < 1.29 is 23.8 Å². The number of hydrogen-bond donors (Lipinski definition) is 1. The standard InChI is InChI=1S/C26H33NO5/c1-4-6-8-17-31-23-14-12-20(18-24(23)30-3)13-15-25(28)27-22-11-9-10-21(19-22)26(29)32-16-7-5-2/h9-15,18-19H,4-8,16-17H2,1-3H3,(H,27,28)/b15-13+. The minimum absolute atomic E-state index is 0.305. The van der Waals surface area contributed by atoms with Crippen LogP contribution in [0.25, 0.3) is 6.08 Å². The molecular formula is C26H33NO5. The Kier molecular flexibility index (Phi) is 10.9. The van der Waals surface area contributed by atoms with Crippen LogP contribution in [-0.2, 0) is 9.53 Å². The van der Waals surface area contributed by atoms with Crippen molar-refractivity contribution in [2.24, 2.45) is 0 Å². The molecule has 0 atom stereocenters. The van der Waals surface area contributed by atoms with Gasteiger partial charge in [0.2, 0.25) is 5.91 Å². The van der Waals surface area contributed by atoms with Crippen molar-refractivity contribution in [3.05, 3.63) is 59.7 Å². The minimum Gasteiger partial charge on any atom is -0.493 e. The lowest BCUT2D eigenvalue weighted by molar-refractivity contribution is -0.111. The number of nitrogens with one attached hydrogen (secondary N) is 1. The van der Waals surface area contributed by atoms with Crippen LogP contribution in [0.3, 0.4) is 0 Å². The van der Waals surface area contributed by atoms with Crippen LogP contribution in [0.2, 0.25) is 0 Å². The van der Waals surface area contributed by atoms with E-state index in [0.29, 0.717) is 36.0 Å². The summed E-state index contributed by atoms with van der Waals surface area (Å²) in [6.07, 6.45) is 8.17. The number of benzene rings is 2. The number of carbonyl (C=O) groups is 2. The van der Waals surface area contributed by atoms with Crippen molar-refractivity contribution in [2.45, 2.75) is 46.0 Å². The molecule has 1 N–H and O–H groups in total. The van der Waals surface area contributed by atoms with E-state index in [1.54, 1.807) is 37.5 Å². The first-order valence-electron chi connectivity index (χ1n) is 11.1. The molecule has 6 heteroatoms. The quantitative estimate of drug-likeness (QED) is 0.240. The highest BCUT2D eigenvalue weighted by atomic mass is 16.5. The molecule has 0 saturated heterocycles.